The molecule has 3 aromatic rings. The van der Waals surface area contributed by atoms with Crippen LogP contribution < -0.4 is 5.11 Å². The minimum absolute atomic E-state index is 0.0485. The van der Waals surface area contributed by atoms with Crippen molar-refractivity contribution in [1.29, 1.82) is 0 Å². The Balaban J connectivity index is 0.000000309. The molecule has 32 heavy (non-hydrogen) atoms. The maximum atomic E-state index is 11.6. The van der Waals surface area contributed by atoms with Gasteiger partial charge >= 0.3 is 15.4 Å². The second-order valence-electron chi connectivity index (χ2n) is 6.26. The van der Waals surface area contributed by atoms with Gasteiger partial charge in [-0.1, -0.05) is 70.5 Å². The van der Waals surface area contributed by atoms with E-state index in [1.54, 1.807) is 0 Å². The molecule has 0 saturated carbocycles. The molecule has 5 nitrogen and oxygen atoms in total. The van der Waals surface area contributed by atoms with E-state index < -0.39 is 21.3 Å². The molecule has 0 aliphatic heterocycles. The van der Waals surface area contributed by atoms with Gasteiger partial charge in [0.1, 0.15) is 5.97 Å². The number of hydrogen-bond acceptors (Lipinski definition) is 4. The van der Waals surface area contributed by atoms with Crippen molar-refractivity contribution in [3.8, 4) is 0 Å². The van der Waals surface area contributed by atoms with E-state index in [2.05, 4.69) is 101 Å². The Labute approximate surface area is 196 Å². The molecule has 3 rings (SSSR count). The largest absolute Gasteiger partial charge is 0.543 e. The van der Waals surface area contributed by atoms with Crippen LogP contribution >= 0.6 is 15.9 Å². The molecule has 0 radical (unpaired) electrons. The molecule has 0 aromatic heterocycles. The second kappa shape index (κ2) is 11.6. The van der Waals surface area contributed by atoms with Gasteiger partial charge in [0, 0.05) is 10.9 Å². The average Bonchev–Trinajstić information content (AvgIpc) is 2.76. The predicted molar refractivity (Wildman–Crippen MR) is 120 cm³/mol. The van der Waals surface area contributed by atoms with Gasteiger partial charge in [-0.15, -0.1) is 0 Å². The number of halogens is 3. The van der Waals surface area contributed by atoms with Crippen molar-refractivity contribution >= 4 is 42.9 Å². The van der Waals surface area contributed by atoms with E-state index in [1.165, 1.54) is 20.2 Å². The molecule has 0 aliphatic carbocycles. The molecule has 3 aromatic carbocycles. The maximum absolute atomic E-state index is 11.6. The van der Waals surface area contributed by atoms with E-state index in [4.69, 9.17) is 4.55 Å². The van der Waals surface area contributed by atoms with Crippen molar-refractivity contribution in [1.82, 2.24) is 0 Å². The van der Waals surface area contributed by atoms with Crippen LogP contribution in [0.2, 0.25) is 0 Å². The summed E-state index contributed by atoms with van der Waals surface area (Å²) in [5.41, 5.74) is 1.43. The number of aryl methyl sites for hydroxylation is 1. The summed E-state index contributed by atoms with van der Waals surface area (Å²) in [5, 5.41) is 5.03. The second-order valence-corrected chi connectivity index (χ2v) is 10.5. The molecule has 170 valence electrons. The highest BCUT2D eigenvalue weighted by Gasteiger charge is 2.45. The topological polar surface area (TPSA) is 94.5 Å². The van der Waals surface area contributed by atoms with Gasteiger partial charge in [-0.2, -0.15) is 17.2 Å². The molecule has 10 heteroatoms. The Morgan fingerprint density at radius 1 is 0.906 bits per heavy atom. The lowest BCUT2D eigenvalue weighted by Crippen LogP contribution is -2.46. The van der Waals surface area contributed by atoms with Gasteiger partial charge in [0.25, 0.3) is 0 Å². The zero-order valence-electron chi connectivity index (χ0n) is 16.5. The Bertz CT molecular complexity index is 1090. The first-order valence-corrected chi connectivity index (χ1v) is 12.9. The molecular formula is C22H19BrF2O5S2. The smallest absolute Gasteiger partial charge is 0.408 e. The van der Waals surface area contributed by atoms with Gasteiger partial charge < -0.3 is 9.90 Å². The molecule has 0 spiro atoms. The Morgan fingerprint density at radius 3 is 1.72 bits per heavy atom. The highest BCUT2D eigenvalue weighted by molar-refractivity contribution is 9.09. The van der Waals surface area contributed by atoms with Crippen molar-refractivity contribution < 1.29 is 31.7 Å². The van der Waals surface area contributed by atoms with E-state index in [-0.39, 0.29) is 10.9 Å². The van der Waals surface area contributed by atoms with E-state index in [0.29, 0.717) is 0 Å². The fourth-order valence-corrected chi connectivity index (χ4v) is 5.54. The third kappa shape index (κ3) is 6.61. The van der Waals surface area contributed by atoms with Crippen LogP contribution in [0.15, 0.2) is 99.6 Å². The standard InChI is InChI=1S/C20H18BrS.C2H2F2O5S/c21-16-15-17-9-7-8-14-20(17)22(18-10-3-1-4-11-18)19-12-5-2-6-13-19;3-2(4,1(5)6)10(7,8)9/h1-14H,15-16H2;(H,5,6)(H,7,8,9)/q+1;/p-1. The number of carboxylic acid groups (broad SMARTS) is 1. The molecule has 1 N–H and O–H groups in total. The lowest BCUT2D eigenvalue weighted by atomic mass is 10.2. The maximum Gasteiger partial charge on any atom is 0.408 e. The summed E-state index contributed by atoms with van der Waals surface area (Å²) in [6, 6.07) is 30.5. The molecule has 0 bridgehead atoms. The van der Waals surface area contributed by atoms with Crippen LogP contribution in [0.3, 0.4) is 0 Å². The third-order valence-corrected chi connectivity index (χ3v) is 7.61. The number of aliphatic carboxylic acids is 1. The molecule has 0 amide bonds. The highest BCUT2D eigenvalue weighted by atomic mass is 79.9. The van der Waals surface area contributed by atoms with Crippen molar-refractivity contribution in [3.05, 3.63) is 90.5 Å². The van der Waals surface area contributed by atoms with E-state index in [1.807, 2.05) is 0 Å². The van der Waals surface area contributed by atoms with Crippen LogP contribution in [0.25, 0.3) is 0 Å². The summed E-state index contributed by atoms with van der Waals surface area (Å²) in [6.45, 7) is 0. The lowest BCUT2D eigenvalue weighted by molar-refractivity contribution is -0.321. The third-order valence-electron chi connectivity index (χ3n) is 4.08. The number of carboxylic acids is 1. The van der Waals surface area contributed by atoms with Crippen molar-refractivity contribution in [2.75, 3.05) is 5.33 Å². The first-order valence-electron chi connectivity index (χ1n) is 9.14. The minimum atomic E-state index is -5.90. The van der Waals surface area contributed by atoms with Gasteiger partial charge in [-0.05, 0) is 36.8 Å². The summed E-state index contributed by atoms with van der Waals surface area (Å²) >= 11 is 3.58. The fraction of sp³-hybridized carbons (Fsp3) is 0.136. The van der Waals surface area contributed by atoms with E-state index >= 15 is 0 Å². The van der Waals surface area contributed by atoms with Crippen LogP contribution in [0.5, 0.6) is 0 Å². The predicted octanol–water partition coefficient (Wildman–Crippen LogP) is 3.94. The molecule has 0 heterocycles. The number of benzene rings is 3. The molecule has 0 unspecified atom stereocenters. The molecule has 0 fully saturated rings. The summed E-state index contributed by atoms with van der Waals surface area (Å²) < 4.78 is 49.6. The van der Waals surface area contributed by atoms with Gasteiger partial charge in [-0.25, -0.2) is 0 Å². The summed E-state index contributed by atoms with van der Waals surface area (Å²) in [6.07, 6.45) is 1.05. The quantitative estimate of drug-likeness (QED) is 0.276. The zero-order valence-corrected chi connectivity index (χ0v) is 19.7. The first-order chi connectivity index (χ1) is 15.1. The summed E-state index contributed by atoms with van der Waals surface area (Å²) in [7, 11) is -5.95. The van der Waals surface area contributed by atoms with Crippen LogP contribution in [0.4, 0.5) is 8.78 Å². The van der Waals surface area contributed by atoms with Crippen molar-refractivity contribution in [2.24, 2.45) is 0 Å². The lowest BCUT2D eigenvalue weighted by Gasteiger charge is -2.12. The molecule has 0 saturated heterocycles. The monoisotopic (exact) mass is 544 g/mol. The van der Waals surface area contributed by atoms with Crippen molar-refractivity contribution in [2.45, 2.75) is 26.4 Å². The van der Waals surface area contributed by atoms with Gasteiger partial charge in [0.05, 0.1) is 10.9 Å². The summed E-state index contributed by atoms with van der Waals surface area (Å²) in [5.74, 6) is -3.16. The Hall–Kier alpha value is -2.27. The van der Waals surface area contributed by atoms with Crippen LogP contribution in [0.1, 0.15) is 5.56 Å². The van der Waals surface area contributed by atoms with E-state index in [0.717, 1.165) is 11.8 Å². The fourth-order valence-electron chi connectivity index (χ4n) is 2.62. The SMILES string of the molecule is BrCCc1ccccc1[S+](c1ccccc1)c1ccccc1.O=C([O-])C(F)(F)S(=O)(=O)O. The van der Waals surface area contributed by atoms with Crippen LogP contribution in [0, 0.1) is 0 Å². The van der Waals surface area contributed by atoms with Crippen LogP contribution in [-0.2, 0) is 32.2 Å². The number of rotatable bonds is 7. The number of alkyl halides is 3. The van der Waals surface area contributed by atoms with Crippen molar-refractivity contribution in [3.63, 3.8) is 0 Å². The molecular weight excluding hydrogens is 526 g/mol. The van der Waals surface area contributed by atoms with Crippen LogP contribution in [-0.4, -0.2) is 29.5 Å². The Kier molecular flexibility index (Phi) is 9.38. The minimum Gasteiger partial charge on any atom is -0.543 e. The number of carbonyl (C=O) groups excluding carboxylic acids is 1. The normalized spacial score (nSPS) is 11.5. The van der Waals surface area contributed by atoms with Gasteiger partial charge in [-0.3, -0.25) is 4.55 Å². The Morgan fingerprint density at radius 2 is 1.34 bits per heavy atom. The van der Waals surface area contributed by atoms with Gasteiger partial charge in [0.2, 0.25) is 0 Å². The first kappa shape index (κ1) is 26.0. The average molecular weight is 545 g/mol. The number of hydrogen-bond donors (Lipinski definition) is 1. The number of carbonyl (C=O) groups is 1. The van der Waals surface area contributed by atoms with E-state index in [9.17, 15) is 27.1 Å². The van der Waals surface area contributed by atoms with Gasteiger partial charge in [0.15, 0.2) is 14.7 Å². The molecule has 0 aliphatic rings. The summed E-state index contributed by atoms with van der Waals surface area (Å²) in [4.78, 5) is 13.4. The zero-order chi connectivity index (χ0) is 23.8. The highest BCUT2D eigenvalue weighted by Crippen LogP contribution is 2.33. The molecule has 0 atom stereocenters.